The van der Waals surface area contributed by atoms with Gasteiger partial charge >= 0.3 is 0 Å². The summed E-state index contributed by atoms with van der Waals surface area (Å²) in [6.45, 7) is 3.57. The number of rotatable bonds is 6. The summed E-state index contributed by atoms with van der Waals surface area (Å²) in [6.07, 6.45) is 4.38. The molecule has 1 aromatic rings. The molecule has 1 saturated carbocycles. The van der Waals surface area contributed by atoms with Gasteiger partial charge in [0.05, 0.1) is 11.7 Å². The standard InChI is InChI=1S/C17H27NO2/c1-14-5-7-15(8-6-14)16(19)9-12-18(2)13-17(20)10-3-4-11-17/h5-8,16,19-20H,3-4,9-13H2,1-2H3. The van der Waals surface area contributed by atoms with Crippen LogP contribution < -0.4 is 0 Å². The van der Waals surface area contributed by atoms with Gasteiger partial charge in [-0.3, -0.25) is 0 Å². The van der Waals surface area contributed by atoms with Crippen LogP contribution in [0.2, 0.25) is 0 Å². The van der Waals surface area contributed by atoms with E-state index in [4.69, 9.17) is 0 Å². The summed E-state index contributed by atoms with van der Waals surface area (Å²) in [5.41, 5.74) is 1.69. The third-order valence-electron chi connectivity index (χ3n) is 4.34. The van der Waals surface area contributed by atoms with Crippen LogP contribution in [0.1, 0.15) is 49.3 Å². The highest BCUT2D eigenvalue weighted by molar-refractivity contribution is 5.23. The minimum atomic E-state index is -0.496. The molecule has 1 fully saturated rings. The number of aliphatic hydroxyl groups is 2. The number of nitrogens with zero attached hydrogens (tertiary/aromatic N) is 1. The van der Waals surface area contributed by atoms with E-state index >= 15 is 0 Å². The van der Waals surface area contributed by atoms with E-state index in [1.807, 2.05) is 38.2 Å². The lowest BCUT2D eigenvalue weighted by Crippen LogP contribution is -2.39. The molecule has 2 N–H and O–H groups in total. The summed E-state index contributed by atoms with van der Waals surface area (Å²) in [5, 5.41) is 20.6. The molecule has 0 amide bonds. The predicted molar refractivity (Wildman–Crippen MR) is 81.7 cm³/mol. The van der Waals surface area contributed by atoms with Crippen molar-refractivity contribution >= 4 is 0 Å². The molecule has 0 aliphatic heterocycles. The molecule has 20 heavy (non-hydrogen) atoms. The van der Waals surface area contributed by atoms with Crippen molar-refractivity contribution in [1.29, 1.82) is 0 Å². The van der Waals surface area contributed by atoms with Gasteiger partial charge in [0.2, 0.25) is 0 Å². The van der Waals surface area contributed by atoms with Gasteiger partial charge in [-0.15, -0.1) is 0 Å². The Morgan fingerprint density at radius 3 is 2.40 bits per heavy atom. The van der Waals surface area contributed by atoms with Gasteiger partial charge in [-0.2, -0.15) is 0 Å². The topological polar surface area (TPSA) is 43.7 Å². The molecule has 0 aromatic heterocycles. The molecule has 0 bridgehead atoms. The molecule has 3 heteroatoms. The van der Waals surface area contributed by atoms with Crippen molar-refractivity contribution in [3.63, 3.8) is 0 Å². The zero-order valence-corrected chi connectivity index (χ0v) is 12.7. The first-order chi connectivity index (χ1) is 9.48. The maximum Gasteiger partial charge on any atom is 0.0802 e. The molecule has 1 aliphatic rings. The monoisotopic (exact) mass is 277 g/mol. The molecule has 0 radical (unpaired) electrons. The Morgan fingerprint density at radius 1 is 1.20 bits per heavy atom. The van der Waals surface area contributed by atoms with Crippen molar-refractivity contribution in [2.24, 2.45) is 0 Å². The summed E-state index contributed by atoms with van der Waals surface area (Å²) >= 11 is 0. The maximum absolute atomic E-state index is 10.4. The van der Waals surface area contributed by atoms with Gasteiger partial charge in [0.15, 0.2) is 0 Å². The van der Waals surface area contributed by atoms with Crippen LogP contribution in [0.4, 0.5) is 0 Å². The van der Waals surface area contributed by atoms with Gasteiger partial charge in [0.1, 0.15) is 0 Å². The van der Waals surface area contributed by atoms with Crippen molar-refractivity contribution in [2.45, 2.75) is 50.7 Å². The van der Waals surface area contributed by atoms with Crippen molar-refractivity contribution in [2.75, 3.05) is 20.1 Å². The lowest BCUT2D eigenvalue weighted by Gasteiger charge is -2.29. The van der Waals surface area contributed by atoms with E-state index in [2.05, 4.69) is 4.90 Å². The lowest BCUT2D eigenvalue weighted by molar-refractivity contribution is 0.0129. The molecule has 0 saturated heterocycles. The third kappa shape index (κ3) is 4.30. The maximum atomic E-state index is 10.4. The van der Waals surface area contributed by atoms with Crippen molar-refractivity contribution in [3.8, 4) is 0 Å². The van der Waals surface area contributed by atoms with Gasteiger partial charge in [0, 0.05) is 13.1 Å². The van der Waals surface area contributed by atoms with Crippen LogP contribution in [0.25, 0.3) is 0 Å². The van der Waals surface area contributed by atoms with Gasteiger partial charge in [-0.05, 0) is 38.8 Å². The fraction of sp³-hybridized carbons (Fsp3) is 0.647. The minimum absolute atomic E-state index is 0.420. The van der Waals surface area contributed by atoms with E-state index in [0.29, 0.717) is 13.0 Å². The quantitative estimate of drug-likeness (QED) is 0.840. The summed E-state index contributed by atoms with van der Waals surface area (Å²) in [5.74, 6) is 0. The SMILES string of the molecule is Cc1ccc(C(O)CCN(C)CC2(O)CCCC2)cc1. The minimum Gasteiger partial charge on any atom is -0.389 e. The molecular formula is C17H27NO2. The number of likely N-dealkylation sites (N-methyl/N-ethyl adjacent to an activating group) is 1. The highest BCUT2D eigenvalue weighted by Gasteiger charge is 2.32. The highest BCUT2D eigenvalue weighted by atomic mass is 16.3. The van der Waals surface area contributed by atoms with E-state index in [1.165, 1.54) is 5.56 Å². The fourth-order valence-electron chi connectivity index (χ4n) is 3.07. The predicted octanol–water partition coefficient (Wildman–Crippen LogP) is 2.66. The largest absolute Gasteiger partial charge is 0.389 e. The zero-order valence-electron chi connectivity index (χ0n) is 12.7. The fourth-order valence-corrected chi connectivity index (χ4v) is 3.07. The summed E-state index contributed by atoms with van der Waals surface area (Å²) in [4.78, 5) is 2.14. The second kappa shape index (κ2) is 6.70. The average molecular weight is 277 g/mol. The summed E-state index contributed by atoms with van der Waals surface area (Å²) in [7, 11) is 2.03. The van der Waals surface area contributed by atoms with E-state index in [-0.39, 0.29) is 0 Å². The molecule has 0 heterocycles. The Labute approximate surface area is 122 Å². The normalized spacial score (nSPS) is 19.4. The van der Waals surface area contributed by atoms with Crippen molar-refractivity contribution in [1.82, 2.24) is 4.90 Å². The average Bonchev–Trinajstić information content (AvgIpc) is 2.83. The Balaban J connectivity index is 1.77. The van der Waals surface area contributed by atoms with E-state index in [0.717, 1.165) is 37.8 Å². The highest BCUT2D eigenvalue weighted by Crippen LogP contribution is 2.30. The molecule has 1 aromatic carbocycles. The van der Waals surface area contributed by atoms with Crippen LogP contribution >= 0.6 is 0 Å². The first kappa shape index (κ1) is 15.5. The van der Waals surface area contributed by atoms with E-state index in [1.54, 1.807) is 0 Å². The van der Waals surface area contributed by atoms with Crippen molar-refractivity contribution in [3.05, 3.63) is 35.4 Å². The number of hydrogen-bond donors (Lipinski definition) is 2. The van der Waals surface area contributed by atoms with Crippen LogP contribution in [0, 0.1) is 6.92 Å². The molecule has 1 aliphatic carbocycles. The van der Waals surface area contributed by atoms with Crippen LogP contribution in [-0.2, 0) is 0 Å². The molecule has 1 unspecified atom stereocenters. The number of aliphatic hydroxyl groups excluding tert-OH is 1. The van der Waals surface area contributed by atoms with Crippen LogP contribution in [0.5, 0.6) is 0 Å². The number of hydrogen-bond acceptors (Lipinski definition) is 3. The lowest BCUT2D eigenvalue weighted by atomic mass is 10.0. The van der Waals surface area contributed by atoms with Gasteiger partial charge in [0.25, 0.3) is 0 Å². The first-order valence-electron chi connectivity index (χ1n) is 7.64. The van der Waals surface area contributed by atoms with Gasteiger partial charge < -0.3 is 15.1 Å². The Bertz CT molecular complexity index is 410. The van der Waals surface area contributed by atoms with Crippen molar-refractivity contribution < 1.29 is 10.2 Å². The summed E-state index contributed by atoms with van der Waals surface area (Å²) in [6, 6.07) is 8.04. The smallest absolute Gasteiger partial charge is 0.0802 e. The second-order valence-corrected chi connectivity index (χ2v) is 6.38. The second-order valence-electron chi connectivity index (χ2n) is 6.38. The van der Waals surface area contributed by atoms with Crippen LogP contribution in [0.3, 0.4) is 0 Å². The molecular weight excluding hydrogens is 250 g/mol. The third-order valence-corrected chi connectivity index (χ3v) is 4.34. The number of benzene rings is 1. The molecule has 0 spiro atoms. The van der Waals surface area contributed by atoms with Gasteiger partial charge in [-0.25, -0.2) is 0 Å². The van der Waals surface area contributed by atoms with E-state index in [9.17, 15) is 10.2 Å². The van der Waals surface area contributed by atoms with Crippen LogP contribution in [-0.4, -0.2) is 40.9 Å². The molecule has 1 atom stereocenters. The first-order valence-corrected chi connectivity index (χ1v) is 7.64. The number of aryl methyl sites for hydroxylation is 1. The van der Waals surface area contributed by atoms with Gasteiger partial charge in [-0.1, -0.05) is 42.7 Å². The summed E-state index contributed by atoms with van der Waals surface area (Å²) < 4.78 is 0. The molecule has 3 nitrogen and oxygen atoms in total. The van der Waals surface area contributed by atoms with E-state index < -0.39 is 11.7 Å². The Kier molecular flexibility index (Phi) is 5.19. The molecule has 112 valence electrons. The Morgan fingerprint density at radius 2 is 1.80 bits per heavy atom. The van der Waals surface area contributed by atoms with Crippen LogP contribution in [0.15, 0.2) is 24.3 Å². The molecule has 2 rings (SSSR count). The zero-order chi connectivity index (χ0) is 14.6. The Hall–Kier alpha value is -0.900.